The Morgan fingerprint density at radius 3 is 1.97 bits per heavy atom. The molecule has 0 fully saturated rings. The molecule has 0 aliphatic heterocycles. The van der Waals surface area contributed by atoms with Crippen molar-refractivity contribution in [2.75, 3.05) is 14.2 Å². The molecule has 0 bridgehead atoms. The van der Waals surface area contributed by atoms with E-state index in [0.29, 0.717) is 0 Å². The van der Waals surface area contributed by atoms with Gasteiger partial charge in [0, 0.05) is 0 Å². The van der Waals surface area contributed by atoms with Gasteiger partial charge in [0.05, 0.1) is 14.2 Å². The van der Waals surface area contributed by atoms with E-state index in [4.69, 9.17) is 14.5 Å². The molecule has 3 nitrogen and oxygen atoms in total. The Bertz CT molecular complexity index is 947. The Kier molecular flexibility index (Phi) is 8.88. The predicted octanol–water partition coefficient (Wildman–Crippen LogP) is -0.165. The number of benzene rings is 2. The predicted molar refractivity (Wildman–Crippen MR) is 118 cm³/mol. The first kappa shape index (κ1) is 26.1. The largest absolute Gasteiger partial charge is 1.00 e. The summed E-state index contributed by atoms with van der Waals surface area (Å²) in [5, 5.41) is 3.75. The number of hydrogen-bond donors (Lipinski definition) is 0. The maximum atomic E-state index is 5.59. The van der Waals surface area contributed by atoms with Crippen LogP contribution in [-0.2, 0) is 0 Å². The summed E-state index contributed by atoms with van der Waals surface area (Å²) < 4.78 is 11.2. The molecule has 0 spiro atoms. The van der Waals surface area contributed by atoms with E-state index in [1.807, 2.05) is 6.07 Å². The van der Waals surface area contributed by atoms with Gasteiger partial charge >= 0.3 is 37.7 Å². The van der Waals surface area contributed by atoms with E-state index >= 15 is 0 Å². The number of methoxy groups -OCH3 is 2. The fourth-order valence-electron chi connectivity index (χ4n) is 3.89. The zero-order chi connectivity index (χ0) is 19.8. The summed E-state index contributed by atoms with van der Waals surface area (Å²) in [4.78, 5) is 5.23. The van der Waals surface area contributed by atoms with Gasteiger partial charge in [-0.25, -0.2) is 0 Å². The molecule has 0 atom stereocenters. The van der Waals surface area contributed by atoms with Gasteiger partial charge in [-0.1, -0.05) is 90.1 Å². The molecule has 0 saturated heterocycles. The van der Waals surface area contributed by atoms with Crippen LogP contribution in [0.25, 0.3) is 26.9 Å². The zero-order valence-corrected chi connectivity index (χ0v) is 20.4. The number of fused-ring (bicyclic) bond motifs is 1. The summed E-state index contributed by atoms with van der Waals surface area (Å²) >= 11 is 0. The SMILES string of the molecule is COc1cc2c(-c3ccccc3)c[c-]([Si](C)(C)[N-]C(C)(C)C)c2cc1OC.[Li+].[Li+]. The molecule has 0 radical (unpaired) electrons. The molecular formula is C23H29Li2NO2Si. The smallest absolute Gasteiger partial charge is 0.663 e. The summed E-state index contributed by atoms with van der Waals surface area (Å²) in [6, 6.07) is 17.1. The maximum absolute atomic E-state index is 5.59. The molecular weight excluding hydrogens is 364 g/mol. The quantitative estimate of drug-likeness (QED) is 0.446. The third-order valence-electron chi connectivity index (χ3n) is 4.75. The van der Waals surface area contributed by atoms with Gasteiger partial charge in [0.15, 0.2) is 0 Å². The molecule has 3 aromatic rings. The van der Waals surface area contributed by atoms with Crippen LogP contribution in [0.3, 0.4) is 0 Å². The van der Waals surface area contributed by atoms with Crippen molar-refractivity contribution in [1.29, 1.82) is 0 Å². The molecule has 0 saturated carbocycles. The normalized spacial score (nSPS) is 11.6. The Hall–Kier alpha value is -0.978. The van der Waals surface area contributed by atoms with E-state index in [1.165, 1.54) is 27.1 Å². The summed E-state index contributed by atoms with van der Waals surface area (Å²) in [7, 11) is 1.34. The molecule has 6 heteroatoms. The zero-order valence-electron chi connectivity index (χ0n) is 19.4. The average molecular weight is 393 g/mol. The summed E-state index contributed by atoms with van der Waals surface area (Å²) in [5.41, 5.74) is 2.37. The van der Waals surface area contributed by atoms with Crippen molar-refractivity contribution in [3.05, 3.63) is 53.5 Å². The Morgan fingerprint density at radius 2 is 1.45 bits per heavy atom. The van der Waals surface area contributed by atoms with E-state index < -0.39 is 8.24 Å². The Balaban J connectivity index is 0.00000210. The third kappa shape index (κ3) is 5.59. The van der Waals surface area contributed by atoms with Crippen LogP contribution in [0.15, 0.2) is 48.5 Å². The molecule has 0 amide bonds. The van der Waals surface area contributed by atoms with E-state index in [1.54, 1.807) is 14.2 Å². The third-order valence-corrected chi connectivity index (χ3v) is 7.71. The van der Waals surface area contributed by atoms with Crippen molar-refractivity contribution >= 4 is 24.2 Å². The van der Waals surface area contributed by atoms with Gasteiger partial charge in [-0.15, -0.1) is 27.9 Å². The number of rotatable bonds is 5. The average Bonchev–Trinajstić information content (AvgIpc) is 2.98. The first-order valence-electron chi connectivity index (χ1n) is 9.31. The van der Waals surface area contributed by atoms with Gasteiger partial charge in [-0.05, 0) is 0 Å². The van der Waals surface area contributed by atoms with Crippen LogP contribution >= 0.6 is 0 Å². The number of ether oxygens (including phenoxy) is 2. The van der Waals surface area contributed by atoms with Crippen molar-refractivity contribution in [2.45, 2.75) is 39.4 Å². The van der Waals surface area contributed by atoms with Crippen molar-refractivity contribution in [3.8, 4) is 22.6 Å². The molecule has 3 aromatic carbocycles. The number of nitrogens with zero attached hydrogens (tertiary/aromatic N) is 1. The van der Waals surface area contributed by atoms with Crippen LogP contribution in [0.5, 0.6) is 11.5 Å². The van der Waals surface area contributed by atoms with Gasteiger partial charge in [-0.3, -0.25) is 0 Å². The van der Waals surface area contributed by atoms with Crippen LogP contribution in [-0.4, -0.2) is 28.0 Å². The van der Waals surface area contributed by atoms with Gasteiger partial charge in [-0.2, -0.15) is 5.19 Å². The summed E-state index contributed by atoms with van der Waals surface area (Å²) in [6.45, 7) is 11.2. The van der Waals surface area contributed by atoms with Gasteiger partial charge in [0.1, 0.15) is 11.5 Å². The molecule has 0 aromatic heterocycles. The fourth-order valence-corrected chi connectivity index (χ4v) is 7.05. The Labute approximate surface area is 200 Å². The van der Waals surface area contributed by atoms with Gasteiger partial charge < -0.3 is 14.5 Å². The van der Waals surface area contributed by atoms with Crippen molar-refractivity contribution < 1.29 is 47.2 Å². The van der Waals surface area contributed by atoms with Crippen LogP contribution in [0, 0.1) is 0 Å². The van der Waals surface area contributed by atoms with Crippen LogP contribution < -0.4 is 52.4 Å². The van der Waals surface area contributed by atoms with E-state index in [2.05, 4.69) is 76.3 Å². The van der Waals surface area contributed by atoms with E-state index in [9.17, 15) is 0 Å². The second-order valence-corrected chi connectivity index (χ2v) is 12.3. The van der Waals surface area contributed by atoms with Crippen molar-refractivity contribution in [3.63, 3.8) is 0 Å². The molecule has 0 unspecified atom stereocenters. The van der Waals surface area contributed by atoms with E-state index in [-0.39, 0.29) is 43.3 Å². The first-order valence-corrected chi connectivity index (χ1v) is 12.3. The second-order valence-electron chi connectivity index (χ2n) is 8.43. The van der Waals surface area contributed by atoms with Crippen molar-refractivity contribution in [2.24, 2.45) is 0 Å². The second kappa shape index (κ2) is 9.89. The molecule has 29 heavy (non-hydrogen) atoms. The topological polar surface area (TPSA) is 32.6 Å². The standard InChI is InChI=1S/C23H29NO2Si.2Li/c1-23(2,3)24-27(6,7)22-15-17(16-11-9-8-10-12-16)18-13-20(25-4)21(26-5)14-19(18)22;;/h8-15H,1-7H3;;/q-2;2*+1. The molecule has 3 rings (SSSR count). The minimum absolute atomic E-state index is 0. The molecule has 0 heterocycles. The Morgan fingerprint density at radius 1 is 0.897 bits per heavy atom. The van der Waals surface area contributed by atoms with Crippen LogP contribution in [0.2, 0.25) is 13.1 Å². The fraction of sp³-hybridized carbons (Fsp3) is 0.348. The van der Waals surface area contributed by atoms with Crippen LogP contribution in [0.1, 0.15) is 20.8 Å². The van der Waals surface area contributed by atoms with Gasteiger partial charge in [0.2, 0.25) is 0 Å². The molecule has 0 aliphatic rings. The maximum Gasteiger partial charge on any atom is 1.00 e. The molecule has 0 N–H and O–H groups in total. The summed E-state index contributed by atoms with van der Waals surface area (Å²) in [5.74, 6) is 1.52. The van der Waals surface area contributed by atoms with E-state index in [0.717, 1.165) is 11.5 Å². The van der Waals surface area contributed by atoms with Crippen molar-refractivity contribution in [1.82, 2.24) is 0 Å². The number of hydrogen-bond acceptors (Lipinski definition) is 2. The van der Waals surface area contributed by atoms with Crippen LogP contribution in [0.4, 0.5) is 0 Å². The first-order chi connectivity index (χ1) is 12.7. The minimum atomic E-state index is -2.03. The molecule has 144 valence electrons. The minimum Gasteiger partial charge on any atom is -0.663 e. The summed E-state index contributed by atoms with van der Waals surface area (Å²) in [6.07, 6.45) is 0. The molecule has 0 aliphatic carbocycles. The van der Waals surface area contributed by atoms with Gasteiger partial charge in [0.25, 0.3) is 0 Å². The monoisotopic (exact) mass is 393 g/mol.